The molecule has 0 aliphatic carbocycles. The Morgan fingerprint density at radius 2 is 1.90 bits per heavy atom. The molecule has 1 atom stereocenters. The lowest BCUT2D eigenvalue weighted by Crippen LogP contribution is -3.28. The van der Waals surface area contributed by atoms with E-state index in [1.807, 2.05) is 31.2 Å². The van der Waals surface area contributed by atoms with Gasteiger partial charge in [-0.2, -0.15) is 0 Å². The highest BCUT2D eigenvalue weighted by molar-refractivity contribution is 5.27. The smallest absolute Gasteiger partial charge is 0.137 e. The Balaban J connectivity index is 1.69. The first-order valence-electron chi connectivity index (χ1n) is 7.72. The molecule has 0 saturated carbocycles. The van der Waals surface area contributed by atoms with Gasteiger partial charge in [-0.05, 0) is 31.5 Å². The van der Waals surface area contributed by atoms with Crippen LogP contribution in [-0.4, -0.2) is 57.1 Å². The van der Waals surface area contributed by atoms with E-state index < -0.39 is 0 Å². The number of hydrogen-bond acceptors (Lipinski definition) is 2. The topological polar surface area (TPSA) is 38.3 Å². The zero-order valence-electron chi connectivity index (χ0n) is 12.7. The summed E-state index contributed by atoms with van der Waals surface area (Å²) in [5, 5.41) is 10.1. The molecule has 112 valence electrons. The number of aryl methyl sites for hydroxylation is 1. The molecule has 0 amide bonds. The lowest BCUT2D eigenvalue weighted by atomic mass is 10.2. The SMILES string of the molecule is CC[NH+]1CC[NH+](C[C@H](O)COc2cccc(C)c2)CC1. The second-order valence-electron chi connectivity index (χ2n) is 5.84. The minimum absolute atomic E-state index is 0.381. The van der Waals surface area contributed by atoms with Gasteiger partial charge >= 0.3 is 0 Å². The van der Waals surface area contributed by atoms with Crippen molar-refractivity contribution >= 4 is 0 Å². The van der Waals surface area contributed by atoms with Gasteiger partial charge in [-0.15, -0.1) is 0 Å². The summed E-state index contributed by atoms with van der Waals surface area (Å²) in [7, 11) is 0. The molecule has 0 aromatic heterocycles. The van der Waals surface area contributed by atoms with Gasteiger partial charge in [-0.3, -0.25) is 0 Å². The molecular weight excluding hydrogens is 252 g/mol. The van der Waals surface area contributed by atoms with Crippen LogP contribution in [0.1, 0.15) is 12.5 Å². The number of piperazine rings is 1. The van der Waals surface area contributed by atoms with Crippen LogP contribution in [0.15, 0.2) is 24.3 Å². The van der Waals surface area contributed by atoms with Crippen LogP contribution in [0.4, 0.5) is 0 Å². The van der Waals surface area contributed by atoms with E-state index >= 15 is 0 Å². The van der Waals surface area contributed by atoms with Gasteiger partial charge in [0.15, 0.2) is 0 Å². The summed E-state index contributed by atoms with van der Waals surface area (Å²) in [6.07, 6.45) is -0.381. The Morgan fingerprint density at radius 1 is 1.20 bits per heavy atom. The Labute approximate surface area is 122 Å². The van der Waals surface area contributed by atoms with E-state index in [1.165, 1.54) is 30.1 Å². The van der Waals surface area contributed by atoms with Crippen molar-refractivity contribution in [2.75, 3.05) is 45.9 Å². The average Bonchev–Trinajstić information content (AvgIpc) is 2.46. The summed E-state index contributed by atoms with van der Waals surface area (Å²) in [5.41, 5.74) is 1.18. The van der Waals surface area contributed by atoms with E-state index in [9.17, 15) is 5.11 Å². The third kappa shape index (κ3) is 4.78. The molecule has 1 aromatic carbocycles. The summed E-state index contributed by atoms with van der Waals surface area (Å²) < 4.78 is 5.66. The van der Waals surface area contributed by atoms with Gasteiger partial charge in [0, 0.05) is 0 Å². The fourth-order valence-electron chi connectivity index (χ4n) is 2.80. The zero-order valence-corrected chi connectivity index (χ0v) is 12.7. The summed E-state index contributed by atoms with van der Waals surface area (Å²) in [6.45, 7) is 11.4. The standard InChI is InChI=1S/C16H26N2O2/c1-3-17-7-9-18(10-8-17)12-15(19)13-20-16-6-4-5-14(2)11-16/h4-6,11,15,19H,3,7-10,12-13H2,1-2H3/p+2/t15-/m0/s1. The first-order valence-corrected chi connectivity index (χ1v) is 7.72. The fourth-order valence-corrected chi connectivity index (χ4v) is 2.80. The van der Waals surface area contributed by atoms with Gasteiger partial charge in [-0.1, -0.05) is 12.1 Å². The van der Waals surface area contributed by atoms with Crippen LogP contribution >= 0.6 is 0 Å². The van der Waals surface area contributed by atoms with Crippen LogP contribution in [0, 0.1) is 6.92 Å². The molecule has 1 aromatic rings. The van der Waals surface area contributed by atoms with Crippen molar-refractivity contribution in [3.05, 3.63) is 29.8 Å². The van der Waals surface area contributed by atoms with Gasteiger partial charge < -0.3 is 19.6 Å². The zero-order chi connectivity index (χ0) is 14.4. The summed E-state index contributed by atoms with van der Waals surface area (Å²) in [4.78, 5) is 3.18. The number of ether oxygens (including phenoxy) is 1. The van der Waals surface area contributed by atoms with Gasteiger partial charge in [0.05, 0.1) is 6.54 Å². The number of likely N-dealkylation sites (N-methyl/N-ethyl adjacent to an activating group) is 1. The minimum atomic E-state index is -0.381. The molecule has 20 heavy (non-hydrogen) atoms. The van der Waals surface area contributed by atoms with E-state index in [-0.39, 0.29) is 6.10 Å². The van der Waals surface area contributed by atoms with Gasteiger partial charge in [-0.25, -0.2) is 0 Å². The van der Waals surface area contributed by atoms with Gasteiger partial charge in [0.1, 0.15) is 51.2 Å². The number of benzene rings is 1. The largest absolute Gasteiger partial charge is 0.491 e. The normalized spacial score (nSPS) is 24.4. The number of nitrogens with one attached hydrogen (secondary N) is 2. The maximum Gasteiger partial charge on any atom is 0.137 e. The molecule has 1 aliphatic rings. The fraction of sp³-hybridized carbons (Fsp3) is 0.625. The monoisotopic (exact) mass is 280 g/mol. The lowest BCUT2D eigenvalue weighted by molar-refractivity contribution is -1.01. The van der Waals surface area contributed by atoms with Crippen molar-refractivity contribution in [3.63, 3.8) is 0 Å². The number of rotatable bonds is 6. The van der Waals surface area contributed by atoms with Crippen LogP contribution in [0.3, 0.4) is 0 Å². The van der Waals surface area contributed by atoms with Crippen LogP contribution < -0.4 is 14.5 Å². The molecule has 0 unspecified atom stereocenters. The molecule has 3 N–H and O–H groups in total. The highest BCUT2D eigenvalue weighted by Crippen LogP contribution is 2.12. The Morgan fingerprint density at radius 3 is 2.55 bits per heavy atom. The van der Waals surface area contributed by atoms with Crippen molar-refractivity contribution < 1.29 is 19.6 Å². The average molecular weight is 280 g/mol. The Hall–Kier alpha value is -1.10. The van der Waals surface area contributed by atoms with Gasteiger partial charge in [0.25, 0.3) is 0 Å². The molecule has 2 rings (SSSR count). The van der Waals surface area contributed by atoms with Gasteiger partial charge in [0.2, 0.25) is 0 Å². The van der Waals surface area contributed by atoms with Crippen molar-refractivity contribution in [1.29, 1.82) is 0 Å². The van der Waals surface area contributed by atoms with E-state index in [4.69, 9.17) is 4.74 Å². The molecule has 1 heterocycles. The van der Waals surface area contributed by atoms with E-state index in [1.54, 1.807) is 4.90 Å². The third-order valence-electron chi connectivity index (χ3n) is 4.12. The summed E-state index contributed by atoms with van der Waals surface area (Å²) in [6, 6.07) is 7.97. The van der Waals surface area contributed by atoms with Crippen LogP contribution in [0.2, 0.25) is 0 Å². The van der Waals surface area contributed by atoms with Crippen molar-refractivity contribution in [3.8, 4) is 5.75 Å². The highest BCUT2D eigenvalue weighted by atomic mass is 16.5. The van der Waals surface area contributed by atoms with E-state index in [0.29, 0.717) is 6.61 Å². The minimum Gasteiger partial charge on any atom is -0.491 e. The maximum atomic E-state index is 10.1. The molecule has 1 saturated heterocycles. The molecule has 1 fully saturated rings. The maximum absolute atomic E-state index is 10.1. The van der Waals surface area contributed by atoms with E-state index in [0.717, 1.165) is 25.4 Å². The second kappa shape index (κ2) is 7.62. The number of quaternary nitrogens is 2. The molecule has 0 spiro atoms. The molecule has 0 radical (unpaired) electrons. The second-order valence-corrected chi connectivity index (χ2v) is 5.84. The predicted molar refractivity (Wildman–Crippen MR) is 79.5 cm³/mol. The number of aliphatic hydroxyl groups excluding tert-OH is 1. The quantitative estimate of drug-likeness (QED) is 0.596. The summed E-state index contributed by atoms with van der Waals surface area (Å²) in [5.74, 6) is 0.847. The van der Waals surface area contributed by atoms with Crippen LogP contribution in [0.25, 0.3) is 0 Å². The molecule has 1 aliphatic heterocycles. The van der Waals surface area contributed by atoms with Crippen molar-refractivity contribution in [2.45, 2.75) is 20.0 Å². The number of aliphatic hydroxyl groups is 1. The first-order chi connectivity index (χ1) is 9.67. The molecular formula is C16H28N2O2+2. The Kier molecular flexibility index (Phi) is 5.83. The van der Waals surface area contributed by atoms with Crippen molar-refractivity contribution in [2.24, 2.45) is 0 Å². The van der Waals surface area contributed by atoms with Crippen LogP contribution in [-0.2, 0) is 0 Å². The molecule has 4 heteroatoms. The first kappa shape index (κ1) is 15.3. The number of hydrogen-bond donors (Lipinski definition) is 3. The molecule has 0 bridgehead atoms. The van der Waals surface area contributed by atoms with Crippen LogP contribution in [0.5, 0.6) is 5.75 Å². The lowest BCUT2D eigenvalue weighted by Gasteiger charge is -2.30. The predicted octanol–water partition coefficient (Wildman–Crippen LogP) is -1.46. The van der Waals surface area contributed by atoms with Crippen molar-refractivity contribution in [1.82, 2.24) is 0 Å². The van der Waals surface area contributed by atoms with E-state index in [2.05, 4.69) is 6.92 Å². The third-order valence-corrected chi connectivity index (χ3v) is 4.12. The summed E-state index contributed by atoms with van der Waals surface area (Å²) >= 11 is 0. The highest BCUT2D eigenvalue weighted by Gasteiger charge is 2.23. The Bertz CT molecular complexity index is 403. The molecule has 4 nitrogen and oxygen atoms in total.